The van der Waals surface area contributed by atoms with Crippen LogP contribution in [0.25, 0.3) is 0 Å². The summed E-state index contributed by atoms with van der Waals surface area (Å²) in [6.07, 6.45) is 15.1. The van der Waals surface area contributed by atoms with Crippen molar-refractivity contribution in [2.75, 3.05) is 60.9 Å². The number of halogens is 2. The predicted octanol–water partition coefficient (Wildman–Crippen LogP) is 20.2. The van der Waals surface area contributed by atoms with Crippen LogP contribution in [0.5, 0.6) is 0 Å². The van der Waals surface area contributed by atoms with Gasteiger partial charge in [-0.2, -0.15) is 0 Å². The van der Waals surface area contributed by atoms with Crippen molar-refractivity contribution >= 4 is 76.9 Å². The molecular formula is C101H154Cl2N4O15. The van der Waals surface area contributed by atoms with E-state index in [-0.39, 0.29) is 123 Å². The predicted molar refractivity (Wildman–Crippen MR) is 482 cm³/mol. The second-order valence-corrected chi connectivity index (χ2v) is 45.0. The number of carbonyl (C=O) groups is 9. The Kier molecular flexibility index (Phi) is 30.7. The first-order valence-corrected chi connectivity index (χ1v) is 46.3. The largest absolute Gasteiger partial charge is 0.481 e. The highest BCUT2D eigenvalue weighted by atomic mass is 35.5. The molecule has 0 aliphatic heterocycles. The van der Waals surface area contributed by atoms with Gasteiger partial charge in [-0.1, -0.05) is 152 Å². The topological polar surface area (TPSA) is 253 Å². The van der Waals surface area contributed by atoms with Gasteiger partial charge in [0.05, 0.1) is 30.2 Å². The van der Waals surface area contributed by atoms with E-state index < -0.39 is 57.7 Å². The number of nitrogens with one attached hydrogen (secondary N) is 1. The summed E-state index contributed by atoms with van der Waals surface area (Å²) in [5.41, 5.74) is 2.73. The third kappa shape index (κ3) is 18.9. The molecule has 2 aromatic rings. The summed E-state index contributed by atoms with van der Waals surface area (Å²) < 4.78 is 25.2. The SMILES string of the molecule is C.CC(=O)O[C@H](CN(CCN(C)C)Cc1ccc(Cl)cc1)[C@@]12CC[C@]3(C)[C@H](CC[C@@H]4[C@@]5(C)CC[C@H](OC(=O)CC(C)(C)C(=O)O)C(C)(C)[C@@H]5CC[C@]43C)C1=C(C(C)C)C(=O)C2.CC(=O)O[C@H](CNCc1ccc(Cl)cc1)[C@@]12CC[C@]3(C)[C@H](CC[C@@H]4[C@@]5(C)CC[C@H](OC(=O)CC(C)(C)C(=O)O)C(C)(C)[C@@H]5CC[C@]43C)C1=C(C(C)C)C(=O)C2.CN(C)CC=O. The zero-order chi connectivity index (χ0) is 89.9. The smallest absolute Gasteiger partial charge is 0.309 e. The minimum atomic E-state index is -1.18. The van der Waals surface area contributed by atoms with Gasteiger partial charge in [-0.25, -0.2) is 0 Å². The molecule has 0 radical (unpaired) electrons. The van der Waals surface area contributed by atoms with Gasteiger partial charge in [0, 0.05) is 97.7 Å². The summed E-state index contributed by atoms with van der Waals surface area (Å²) in [5.74, 6) is -0.896. The van der Waals surface area contributed by atoms with Gasteiger partial charge in [-0.15, -0.1) is 0 Å². The van der Waals surface area contributed by atoms with E-state index in [4.69, 9.17) is 42.1 Å². The lowest BCUT2D eigenvalue weighted by Gasteiger charge is -2.72. The van der Waals surface area contributed by atoms with Gasteiger partial charge in [-0.3, -0.25) is 43.3 Å². The number of hydrogen-bond acceptors (Lipinski definition) is 17. The van der Waals surface area contributed by atoms with Crippen LogP contribution in [-0.4, -0.2) is 164 Å². The first-order chi connectivity index (χ1) is 56.1. The Balaban J connectivity index is 0.000000258. The third-order valence-corrected chi connectivity index (χ3v) is 34.7. The number of carboxylic acid groups (broad SMARTS) is 2. The number of benzene rings is 2. The highest BCUT2D eigenvalue weighted by molar-refractivity contribution is 6.30. The summed E-state index contributed by atoms with van der Waals surface area (Å²) in [4.78, 5) is 121. The second kappa shape index (κ2) is 37.5. The van der Waals surface area contributed by atoms with Crippen molar-refractivity contribution in [2.24, 2.45) is 112 Å². The van der Waals surface area contributed by atoms with Crippen molar-refractivity contribution in [3.05, 3.63) is 92.0 Å². The summed E-state index contributed by atoms with van der Waals surface area (Å²) in [6.45, 7) is 46.7. The molecule has 3 N–H and O–H groups in total. The quantitative estimate of drug-likeness (QED) is 0.0427. The molecular weight excluding hydrogens is 1580 g/mol. The molecule has 0 amide bonds. The van der Waals surface area contributed by atoms with Gasteiger partial charge in [0.15, 0.2) is 11.6 Å². The van der Waals surface area contributed by atoms with Crippen molar-refractivity contribution in [3.8, 4) is 0 Å². The van der Waals surface area contributed by atoms with Crippen LogP contribution < -0.4 is 5.32 Å². The molecule has 8 fully saturated rings. The number of rotatable bonds is 27. The molecule has 0 saturated heterocycles. The van der Waals surface area contributed by atoms with E-state index in [1.165, 1.54) is 25.0 Å². The Morgan fingerprint density at radius 3 is 1.27 bits per heavy atom. The molecule has 0 spiro atoms. The van der Waals surface area contributed by atoms with E-state index in [0.717, 1.165) is 144 Å². The zero-order valence-corrected chi connectivity index (χ0v) is 79.5. The standard InChI is InChI=1S/C50H75ClN2O7.C46H66ClNO7.C4H9NO.CH4/c1-31(2)42-36(55)27-50(40(59-32(3)54)30-53(26-25-52(11)12)29-33-13-15-34(51)16-14-33)24-23-48(9)35(43(42)50)17-18-38-47(8)21-20-39(60-41(56)28-45(4,5)44(57)58)46(6,7)37(47)19-22-49(38,48)10;1-27(2)38-32(50)23-46(36(54-28(3)49)26-48-25-29-11-13-30(47)14-12-29)22-21-44(9)31(39(38)46)15-16-34-43(8)19-18-35(55-37(51)24-41(4,5)40(52)53)42(6,7)33(43)17-20-45(34,44)10;1-5(2)3-4-6;/h13-16,31,35,37-40H,17-30H2,1-12H3,(H,57,58);11-14,27,31,33-36,48H,15-26H2,1-10H3,(H,52,53);4H,3H2,1-2H3;1H4/t35-,37+,38-,39+,40-,47+,48-,49-,50+;31-,33+,34-,35+,36-,43+,44-,45-,46+;;/m11../s1. The second-order valence-electron chi connectivity index (χ2n) is 44.2. The Hall–Kier alpha value is -5.83. The fraction of sp³-hybridized carbons (Fsp3) is 0.752. The van der Waals surface area contributed by atoms with Gasteiger partial charge in [0.25, 0.3) is 0 Å². The van der Waals surface area contributed by atoms with Gasteiger partial charge in [0.1, 0.15) is 30.7 Å². The Labute approximate surface area is 741 Å². The highest BCUT2D eigenvalue weighted by Gasteiger charge is 2.74. The van der Waals surface area contributed by atoms with E-state index in [2.05, 4.69) is 138 Å². The van der Waals surface area contributed by atoms with Crippen molar-refractivity contribution in [3.63, 3.8) is 0 Å². The van der Waals surface area contributed by atoms with E-state index >= 15 is 0 Å². The summed E-state index contributed by atoms with van der Waals surface area (Å²) >= 11 is 12.4. The maximum absolute atomic E-state index is 14.6. The number of aliphatic carboxylic acids is 2. The lowest BCUT2D eigenvalue weighted by Crippen LogP contribution is -2.66. The summed E-state index contributed by atoms with van der Waals surface area (Å²) in [6, 6.07) is 15.7. The van der Waals surface area contributed by atoms with Crippen LogP contribution in [0.1, 0.15) is 285 Å². The lowest BCUT2D eigenvalue weighted by atomic mass is 9.33. The van der Waals surface area contributed by atoms with Gasteiger partial charge >= 0.3 is 35.8 Å². The molecule has 10 aliphatic carbocycles. The number of allylic oxidation sites excluding steroid dienone is 2. The molecule has 0 aromatic heterocycles. The fourth-order valence-electron chi connectivity index (χ4n) is 27.6. The third-order valence-electron chi connectivity index (χ3n) is 34.2. The summed E-state index contributed by atoms with van der Waals surface area (Å²) in [7, 11) is 7.87. The summed E-state index contributed by atoms with van der Waals surface area (Å²) in [5, 5.41) is 24.3. The molecule has 682 valence electrons. The number of carboxylic acids is 2. The average Bonchev–Trinajstić information content (AvgIpc) is 1.21. The first-order valence-electron chi connectivity index (χ1n) is 45.5. The number of nitrogens with zero attached hydrogens (tertiary/aromatic N) is 3. The number of aldehydes is 1. The van der Waals surface area contributed by atoms with E-state index in [0.29, 0.717) is 79.3 Å². The van der Waals surface area contributed by atoms with Crippen LogP contribution in [0.15, 0.2) is 70.8 Å². The van der Waals surface area contributed by atoms with Crippen molar-refractivity contribution in [1.29, 1.82) is 0 Å². The van der Waals surface area contributed by atoms with Crippen molar-refractivity contribution < 1.29 is 72.3 Å². The Morgan fingerprint density at radius 2 is 0.910 bits per heavy atom. The highest BCUT2D eigenvalue weighted by Crippen LogP contribution is 2.80. The molecule has 12 rings (SSSR count). The fourth-order valence-corrected chi connectivity index (χ4v) is 27.9. The zero-order valence-electron chi connectivity index (χ0n) is 78.0. The molecule has 0 heterocycles. The van der Waals surface area contributed by atoms with Crippen LogP contribution in [0.4, 0.5) is 0 Å². The molecule has 18 atom stereocenters. The number of Topliss-reactive ketones (excluding diaryl/α,β-unsaturated/α-hetero) is 2. The number of hydrogen-bond donors (Lipinski definition) is 3. The number of fused-ring (bicyclic) bond motifs is 14. The molecule has 122 heavy (non-hydrogen) atoms. The number of carbonyl (C=O) groups excluding carboxylic acids is 7. The number of esters is 4. The number of ketones is 2. The maximum Gasteiger partial charge on any atom is 0.309 e. The van der Waals surface area contributed by atoms with Crippen LogP contribution in [0.2, 0.25) is 10.0 Å². The molecule has 10 aliphatic rings. The van der Waals surface area contributed by atoms with Crippen molar-refractivity contribution in [1.82, 2.24) is 20.0 Å². The average molecular weight is 1740 g/mol. The minimum Gasteiger partial charge on any atom is -0.481 e. The van der Waals surface area contributed by atoms with Crippen LogP contribution in [-0.2, 0) is 75.2 Å². The monoisotopic (exact) mass is 1730 g/mol. The molecule has 0 bridgehead atoms. The molecule has 21 heteroatoms. The van der Waals surface area contributed by atoms with E-state index in [1.807, 2.05) is 55.4 Å². The molecule has 2 aromatic carbocycles. The van der Waals surface area contributed by atoms with Gasteiger partial charge < -0.3 is 49.1 Å². The maximum atomic E-state index is 14.6. The lowest BCUT2D eigenvalue weighted by molar-refractivity contribution is -0.235. The van der Waals surface area contributed by atoms with Gasteiger partial charge in [-0.05, 0) is 296 Å². The van der Waals surface area contributed by atoms with Gasteiger partial charge in [0.2, 0.25) is 0 Å². The Morgan fingerprint density at radius 1 is 0.516 bits per heavy atom. The van der Waals surface area contributed by atoms with E-state index in [1.54, 1.807) is 27.7 Å². The number of ether oxygens (including phenoxy) is 4. The molecule has 0 unspecified atom stereocenters. The van der Waals surface area contributed by atoms with Crippen molar-refractivity contribution in [2.45, 2.75) is 312 Å². The molecule has 8 saturated carbocycles. The van der Waals surface area contributed by atoms with Crippen LogP contribution >= 0.6 is 23.2 Å². The van der Waals surface area contributed by atoms with Crippen LogP contribution in [0.3, 0.4) is 0 Å². The van der Waals surface area contributed by atoms with E-state index in [9.17, 15) is 53.4 Å². The molecule has 19 nitrogen and oxygen atoms in total. The first kappa shape index (κ1) is 99.9. The normalized spacial score (nSPS) is 33.5. The minimum absolute atomic E-state index is 0. The number of likely N-dealkylation sites (N-methyl/N-ethyl adjacent to an activating group) is 2. The Bertz CT molecular complexity index is 4240. The van der Waals surface area contributed by atoms with Crippen LogP contribution in [0, 0.1) is 112 Å².